The molecule has 0 radical (unpaired) electrons. The van der Waals surface area contributed by atoms with Gasteiger partial charge < -0.3 is 19.3 Å². The van der Waals surface area contributed by atoms with E-state index < -0.39 is 5.97 Å². The molecular weight excluding hydrogens is 540 g/mol. The highest BCUT2D eigenvalue weighted by molar-refractivity contribution is 7.15. The van der Waals surface area contributed by atoms with Crippen molar-refractivity contribution in [2.24, 2.45) is 0 Å². The van der Waals surface area contributed by atoms with E-state index in [9.17, 15) is 9.59 Å². The molecular formula is C32H34N2O6S. The number of benzene rings is 2. The van der Waals surface area contributed by atoms with Crippen molar-refractivity contribution in [1.82, 2.24) is 9.97 Å². The Morgan fingerprint density at radius 3 is 2.41 bits per heavy atom. The van der Waals surface area contributed by atoms with E-state index in [0.29, 0.717) is 37.5 Å². The van der Waals surface area contributed by atoms with Gasteiger partial charge in [-0.05, 0) is 75.1 Å². The SMILES string of the molecule is Cc1sc(-c2ccc(Oc3ccccc3)nc2)nc1CCOc1ccc(CCC(=O)O)c(CCC(=O)OC(C)C)c1. The molecule has 0 amide bonds. The lowest BCUT2D eigenvalue weighted by atomic mass is 9.98. The van der Waals surface area contributed by atoms with Gasteiger partial charge in [0, 0.05) is 42.0 Å². The number of rotatable bonds is 14. The van der Waals surface area contributed by atoms with Crippen LogP contribution in [0, 0.1) is 6.92 Å². The molecule has 0 aliphatic carbocycles. The molecule has 2 heterocycles. The summed E-state index contributed by atoms with van der Waals surface area (Å²) in [6.07, 6.45) is 3.30. The van der Waals surface area contributed by atoms with E-state index in [2.05, 4.69) is 4.98 Å². The summed E-state index contributed by atoms with van der Waals surface area (Å²) < 4.78 is 17.1. The van der Waals surface area contributed by atoms with Gasteiger partial charge in [-0.1, -0.05) is 24.3 Å². The molecule has 0 aliphatic rings. The average molecular weight is 575 g/mol. The number of thiazole rings is 1. The van der Waals surface area contributed by atoms with Crippen LogP contribution in [0.1, 0.15) is 48.4 Å². The number of hydrogen-bond acceptors (Lipinski definition) is 8. The molecule has 0 aliphatic heterocycles. The molecule has 2 aromatic heterocycles. The number of para-hydroxylation sites is 1. The lowest BCUT2D eigenvalue weighted by Crippen LogP contribution is -2.12. The third-order valence-corrected chi connectivity index (χ3v) is 7.26. The maximum Gasteiger partial charge on any atom is 0.306 e. The first kappa shape index (κ1) is 29.7. The van der Waals surface area contributed by atoms with Crippen LogP contribution in [0.2, 0.25) is 0 Å². The summed E-state index contributed by atoms with van der Waals surface area (Å²) >= 11 is 1.61. The minimum absolute atomic E-state index is 0.0212. The Hall–Kier alpha value is -4.24. The Morgan fingerprint density at radius 1 is 0.927 bits per heavy atom. The monoisotopic (exact) mass is 574 g/mol. The van der Waals surface area contributed by atoms with Crippen molar-refractivity contribution in [3.05, 3.63) is 88.6 Å². The molecule has 0 bridgehead atoms. The predicted molar refractivity (Wildman–Crippen MR) is 158 cm³/mol. The number of carbonyl (C=O) groups is 2. The minimum atomic E-state index is -0.860. The summed E-state index contributed by atoms with van der Waals surface area (Å²) in [6, 6.07) is 18.9. The third kappa shape index (κ3) is 9.14. The van der Waals surface area contributed by atoms with E-state index >= 15 is 0 Å². The molecule has 0 saturated heterocycles. The molecule has 4 rings (SSSR count). The molecule has 4 aromatic rings. The lowest BCUT2D eigenvalue weighted by Gasteiger charge is -2.13. The first-order valence-electron chi connectivity index (χ1n) is 13.6. The molecule has 2 aromatic carbocycles. The van der Waals surface area contributed by atoms with Crippen molar-refractivity contribution >= 4 is 23.3 Å². The minimum Gasteiger partial charge on any atom is -0.493 e. The standard InChI is InChI=1S/C32H34N2O6S/c1-21(2)39-31(37)16-12-24-19-27(13-9-23(24)11-15-30(35)36)38-18-17-28-22(3)41-32(34-28)25-10-14-29(33-20-25)40-26-7-5-4-6-8-26/h4-10,13-14,19-21H,11-12,15-18H2,1-3H3,(H,35,36). The second kappa shape index (κ2) is 14.4. The zero-order valence-electron chi connectivity index (χ0n) is 23.5. The average Bonchev–Trinajstić information content (AvgIpc) is 3.32. The number of pyridine rings is 1. The second-order valence-corrected chi connectivity index (χ2v) is 11.0. The number of carboxylic acids is 1. The molecule has 41 heavy (non-hydrogen) atoms. The lowest BCUT2D eigenvalue weighted by molar-refractivity contribution is -0.147. The molecule has 0 atom stereocenters. The number of ether oxygens (including phenoxy) is 3. The van der Waals surface area contributed by atoms with Gasteiger partial charge in [-0.25, -0.2) is 9.97 Å². The molecule has 8 nitrogen and oxygen atoms in total. The van der Waals surface area contributed by atoms with Crippen LogP contribution in [0.5, 0.6) is 17.4 Å². The zero-order chi connectivity index (χ0) is 29.2. The van der Waals surface area contributed by atoms with Gasteiger partial charge in [-0.2, -0.15) is 0 Å². The van der Waals surface area contributed by atoms with E-state index in [1.54, 1.807) is 17.5 Å². The summed E-state index contributed by atoms with van der Waals surface area (Å²) in [5.41, 5.74) is 3.67. The number of aryl methyl sites for hydroxylation is 3. The highest BCUT2D eigenvalue weighted by Crippen LogP contribution is 2.29. The molecule has 0 saturated carbocycles. The van der Waals surface area contributed by atoms with Crippen LogP contribution in [0.4, 0.5) is 0 Å². The van der Waals surface area contributed by atoms with Crippen LogP contribution in [0.15, 0.2) is 66.9 Å². The van der Waals surface area contributed by atoms with E-state index in [4.69, 9.17) is 24.3 Å². The van der Waals surface area contributed by atoms with E-state index in [0.717, 1.165) is 38.0 Å². The van der Waals surface area contributed by atoms with Gasteiger partial charge in [0.2, 0.25) is 5.88 Å². The summed E-state index contributed by atoms with van der Waals surface area (Å²) in [5, 5.41) is 10.00. The van der Waals surface area contributed by atoms with Gasteiger partial charge in [0.05, 0.1) is 18.4 Å². The number of carboxylic acid groups (broad SMARTS) is 1. The second-order valence-electron chi connectivity index (χ2n) is 9.78. The fourth-order valence-corrected chi connectivity index (χ4v) is 5.14. The number of aromatic nitrogens is 2. The smallest absolute Gasteiger partial charge is 0.306 e. The molecule has 0 fully saturated rings. The highest BCUT2D eigenvalue weighted by atomic mass is 32.1. The summed E-state index contributed by atoms with van der Waals surface area (Å²) in [5.74, 6) is 0.782. The van der Waals surface area contributed by atoms with Gasteiger partial charge >= 0.3 is 11.9 Å². The Balaban J connectivity index is 1.36. The zero-order valence-corrected chi connectivity index (χ0v) is 24.3. The van der Waals surface area contributed by atoms with Crippen LogP contribution in [-0.4, -0.2) is 39.7 Å². The van der Waals surface area contributed by atoms with Crippen molar-refractivity contribution in [1.29, 1.82) is 0 Å². The Labute approximate surface area is 244 Å². The maximum atomic E-state index is 12.1. The largest absolute Gasteiger partial charge is 0.493 e. The van der Waals surface area contributed by atoms with E-state index in [1.165, 1.54) is 0 Å². The van der Waals surface area contributed by atoms with Crippen molar-refractivity contribution in [2.45, 2.75) is 59.0 Å². The van der Waals surface area contributed by atoms with E-state index in [1.807, 2.05) is 81.4 Å². The first-order chi connectivity index (χ1) is 19.8. The predicted octanol–water partition coefficient (Wildman–Crippen LogP) is 6.83. The number of esters is 1. The van der Waals surface area contributed by atoms with Crippen molar-refractivity contribution in [2.75, 3.05) is 6.61 Å². The number of carbonyl (C=O) groups excluding carboxylic acids is 1. The number of hydrogen-bond donors (Lipinski definition) is 1. The quantitative estimate of drug-likeness (QED) is 0.163. The highest BCUT2D eigenvalue weighted by Gasteiger charge is 2.13. The fraction of sp³-hybridized carbons (Fsp3) is 0.312. The Kier molecular flexibility index (Phi) is 10.5. The number of nitrogens with zero attached hydrogens (tertiary/aromatic N) is 2. The maximum absolute atomic E-state index is 12.1. The van der Waals surface area contributed by atoms with Gasteiger partial charge in [-0.15, -0.1) is 11.3 Å². The van der Waals surface area contributed by atoms with Crippen molar-refractivity contribution in [3.8, 4) is 28.0 Å². The molecule has 1 N–H and O–H groups in total. The summed E-state index contributed by atoms with van der Waals surface area (Å²) in [4.78, 5) is 33.5. The molecule has 214 valence electrons. The summed E-state index contributed by atoms with van der Waals surface area (Å²) in [6.45, 7) is 6.09. The van der Waals surface area contributed by atoms with Gasteiger partial charge in [0.1, 0.15) is 16.5 Å². The van der Waals surface area contributed by atoms with Gasteiger partial charge in [-0.3, -0.25) is 9.59 Å². The number of aliphatic carboxylic acids is 1. The summed E-state index contributed by atoms with van der Waals surface area (Å²) in [7, 11) is 0. The van der Waals surface area contributed by atoms with Crippen LogP contribution in [-0.2, 0) is 33.6 Å². The fourth-order valence-electron chi connectivity index (χ4n) is 4.19. The Morgan fingerprint density at radius 2 is 1.71 bits per heavy atom. The van der Waals surface area contributed by atoms with Gasteiger partial charge in [0.25, 0.3) is 0 Å². The van der Waals surface area contributed by atoms with E-state index in [-0.39, 0.29) is 24.9 Å². The van der Waals surface area contributed by atoms with Crippen LogP contribution in [0.3, 0.4) is 0 Å². The molecule has 9 heteroatoms. The molecule has 0 unspecified atom stereocenters. The van der Waals surface area contributed by atoms with Crippen LogP contribution in [0.25, 0.3) is 10.6 Å². The van der Waals surface area contributed by atoms with Crippen LogP contribution < -0.4 is 9.47 Å². The van der Waals surface area contributed by atoms with Crippen molar-refractivity contribution < 1.29 is 28.9 Å². The molecule has 0 spiro atoms. The topological polar surface area (TPSA) is 108 Å². The van der Waals surface area contributed by atoms with Crippen molar-refractivity contribution in [3.63, 3.8) is 0 Å². The van der Waals surface area contributed by atoms with Crippen LogP contribution >= 0.6 is 11.3 Å². The Bertz CT molecular complexity index is 1450. The normalized spacial score (nSPS) is 10.9. The first-order valence-corrected chi connectivity index (χ1v) is 14.4. The third-order valence-electron chi connectivity index (χ3n) is 6.20. The van der Waals surface area contributed by atoms with Gasteiger partial charge in [0.15, 0.2) is 0 Å².